The standard InChI is InChI=1S/C14H24N4S/c1-5-15-12-10(2)14(18(3)8-9-19-4)17-13(16-12)11-6-7-11/h11H,5-9H2,1-4H3,(H,15,16,17). The molecule has 0 aromatic carbocycles. The zero-order chi connectivity index (χ0) is 13.8. The first-order valence-electron chi connectivity index (χ1n) is 6.99. The molecule has 19 heavy (non-hydrogen) atoms. The van der Waals surface area contributed by atoms with Crippen LogP contribution in [0.5, 0.6) is 0 Å². The molecule has 2 rings (SSSR count). The van der Waals surface area contributed by atoms with Gasteiger partial charge in [0.1, 0.15) is 17.5 Å². The molecule has 0 amide bonds. The van der Waals surface area contributed by atoms with Gasteiger partial charge in [-0.15, -0.1) is 0 Å². The Balaban J connectivity index is 2.28. The van der Waals surface area contributed by atoms with Gasteiger partial charge in [-0.25, -0.2) is 9.97 Å². The summed E-state index contributed by atoms with van der Waals surface area (Å²) in [6.07, 6.45) is 4.62. The molecule has 1 fully saturated rings. The van der Waals surface area contributed by atoms with E-state index < -0.39 is 0 Å². The summed E-state index contributed by atoms with van der Waals surface area (Å²) in [6.45, 7) is 6.14. The minimum atomic E-state index is 0.589. The lowest BCUT2D eigenvalue weighted by Gasteiger charge is -2.22. The average Bonchev–Trinajstić information content (AvgIpc) is 3.23. The number of aromatic nitrogens is 2. The molecule has 1 heterocycles. The summed E-state index contributed by atoms with van der Waals surface area (Å²) in [5, 5.41) is 3.37. The Hall–Kier alpha value is -0.970. The maximum atomic E-state index is 4.80. The van der Waals surface area contributed by atoms with Gasteiger partial charge in [-0.05, 0) is 32.9 Å². The molecule has 4 nitrogen and oxygen atoms in total. The van der Waals surface area contributed by atoms with E-state index in [1.807, 2.05) is 11.8 Å². The summed E-state index contributed by atoms with van der Waals surface area (Å²) in [4.78, 5) is 11.7. The Labute approximate surface area is 120 Å². The summed E-state index contributed by atoms with van der Waals surface area (Å²) >= 11 is 1.87. The number of rotatable bonds is 7. The molecular formula is C14H24N4S. The van der Waals surface area contributed by atoms with E-state index in [-0.39, 0.29) is 0 Å². The third kappa shape index (κ3) is 3.53. The van der Waals surface area contributed by atoms with Crippen LogP contribution < -0.4 is 10.2 Å². The van der Waals surface area contributed by atoms with Gasteiger partial charge >= 0.3 is 0 Å². The van der Waals surface area contributed by atoms with E-state index in [2.05, 4.69) is 37.4 Å². The van der Waals surface area contributed by atoms with Gasteiger partial charge in [0.25, 0.3) is 0 Å². The number of nitrogens with one attached hydrogen (secondary N) is 1. The van der Waals surface area contributed by atoms with Gasteiger partial charge in [0.05, 0.1) is 0 Å². The van der Waals surface area contributed by atoms with Crippen LogP contribution in [0.1, 0.15) is 37.1 Å². The monoisotopic (exact) mass is 280 g/mol. The van der Waals surface area contributed by atoms with Gasteiger partial charge in [0, 0.05) is 37.4 Å². The number of nitrogens with zero attached hydrogens (tertiary/aromatic N) is 3. The molecule has 1 N–H and O–H groups in total. The second kappa shape index (κ2) is 6.46. The van der Waals surface area contributed by atoms with Gasteiger partial charge in [0.15, 0.2) is 0 Å². The van der Waals surface area contributed by atoms with E-state index in [9.17, 15) is 0 Å². The highest BCUT2D eigenvalue weighted by atomic mass is 32.2. The van der Waals surface area contributed by atoms with Crippen LogP contribution in [0.15, 0.2) is 0 Å². The molecule has 1 aliphatic carbocycles. The Kier molecular flexibility index (Phi) is 4.91. The van der Waals surface area contributed by atoms with E-state index in [1.165, 1.54) is 12.8 Å². The van der Waals surface area contributed by atoms with E-state index >= 15 is 0 Å². The van der Waals surface area contributed by atoms with Crippen LogP contribution in [0.25, 0.3) is 0 Å². The van der Waals surface area contributed by atoms with Gasteiger partial charge in [-0.3, -0.25) is 0 Å². The van der Waals surface area contributed by atoms with Crippen molar-refractivity contribution in [1.82, 2.24) is 9.97 Å². The average molecular weight is 280 g/mol. The molecule has 0 saturated heterocycles. The number of thioether (sulfide) groups is 1. The molecule has 0 spiro atoms. The van der Waals surface area contributed by atoms with E-state index in [0.717, 1.165) is 41.9 Å². The summed E-state index contributed by atoms with van der Waals surface area (Å²) in [5.41, 5.74) is 1.16. The van der Waals surface area contributed by atoms with Crippen molar-refractivity contribution in [3.63, 3.8) is 0 Å². The van der Waals surface area contributed by atoms with Crippen LogP contribution in [0.4, 0.5) is 11.6 Å². The first kappa shape index (κ1) is 14.4. The molecule has 0 radical (unpaired) electrons. The number of hydrogen-bond acceptors (Lipinski definition) is 5. The van der Waals surface area contributed by atoms with Gasteiger partial charge in [-0.2, -0.15) is 11.8 Å². The van der Waals surface area contributed by atoms with E-state index in [4.69, 9.17) is 9.97 Å². The third-order valence-corrected chi connectivity index (χ3v) is 4.01. The minimum absolute atomic E-state index is 0.589. The lowest BCUT2D eigenvalue weighted by Crippen LogP contribution is -2.24. The fourth-order valence-electron chi connectivity index (χ4n) is 2.09. The van der Waals surface area contributed by atoms with Crippen LogP contribution in [0, 0.1) is 6.92 Å². The largest absolute Gasteiger partial charge is 0.370 e. The van der Waals surface area contributed by atoms with Gasteiger partial charge < -0.3 is 10.2 Å². The zero-order valence-electron chi connectivity index (χ0n) is 12.4. The van der Waals surface area contributed by atoms with Crippen LogP contribution in [0.3, 0.4) is 0 Å². The van der Waals surface area contributed by atoms with Crippen molar-refractivity contribution in [3.05, 3.63) is 11.4 Å². The fourth-order valence-corrected chi connectivity index (χ4v) is 2.55. The SMILES string of the molecule is CCNc1nc(C2CC2)nc(N(C)CCSC)c1C. The predicted octanol–water partition coefficient (Wildman–Crippen LogP) is 2.89. The molecule has 1 aliphatic rings. The third-order valence-electron chi connectivity index (χ3n) is 3.42. The minimum Gasteiger partial charge on any atom is -0.370 e. The van der Waals surface area contributed by atoms with Crippen molar-refractivity contribution < 1.29 is 0 Å². The normalized spacial score (nSPS) is 14.5. The molecule has 5 heteroatoms. The van der Waals surface area contributed by atoms with Crippen LogP contribution >= 0.6 is 11.8 Å². The van der Waals surface area contributed by atoms with Gasteiger partial charge in [-0.1, -0.05) is 0 Å². The molecule has 1 aromatic heterocycles. The molecule has 0 bridgehead atoms. The highest BCUT2D eigenvalue weighted by Gasteiger charge is 2.28. The number of anilines is 2. The van der Waals surface area contributed by atoms with Crippen molar-refractivity contribution in [3.8, 4) is 0 Å². The number of hydrogen-bond donors (Lipinski definition) is 1. The highest BCUT2D eigenvalue weighted by molar-refractivity contribution is 7.98. The summed E-state index contributed by atoms with van der Waals surface area (Å²) < 4.78 is 0. The van der Waals surface area contributed by atoms with Crippen LogP contribution in [-0.4, -0.2) is 42.1 Å². The van der Waals surface area contributed by atoms with Crippen molar-refractivity contribution >= 4 is 23.4 Å². The molecule has 1 aromatic rings. The first-order valence-corrected chi connectivity index (χ1v) is 8.39. The van der Waals surface area contributed by atoms with Crippen molar-refractivity contribution in [1.29, 1.82) is 0 Å². The van der Waals surface area contributed by atoms with Crippen molar-refractivity contribution in [2.24, 2.45) is 0 Å². The molecule has 1 saturated carbocycles. The second-order valence-corrected chi connectivity index (χ2v) is 6.08. The topological polar surface area (TPSA) is 41.1 Å². The Morgan fingerprint density at radius 2 is 2.11 bits per heavy atom. The Morgan fingerprint density at radius 1 is 1.37 bits per heavy atom. The van der Waals surface area contributed by atoms with Crippen LogP contribution in [0.2, 0.25) is 0 Å². The molecule has 0 atom stereocenters. The van der Waals surface area contributed by atoms with Crippen LogP contribution in [-0.2, 0) is 0 Å². The summed E-state index contributed by atoms with van der Waals surface area (Å²) in [7, 11) is 2.12. The lowest BCUT2D eigenvalue weighted by molar-refractivity contribution is 0.866. The van der Waals surface area contributed by atoms with Crippen molar-refractivity contribution in [2.75, 3.05) is 42.4 Å². The van der Waals surface area contributed by atoms with E-state index in [1.54, 1.807) is 0 Å². The lowest BCUT2D eigenvalue weighted by atomic mass is 10.2. The molecule has 0 aliphatic heterocycles. The highest BCUT2D eigenvalue weighted by Crippen LogP contribution is 2.39. The quantitative estimate of drug-likeness (QED) is 0.831. The maximum Gasteiger partial charge on any atom is 0.137 e. The Bertz CT molecular complexity index is 432. The predicted molar refractivity (Wildman–Crippen MR) is 84.6 cm³/mol. The summed E-state index contributed by atoms with van der Waals surface area (Å²) in [6, 6.07) is 0. The van der Waals surface area contributed by atoms with Crippen molar-refractivity contribution in [2.45, 2.75) is 32.6 Å². The molecule has 106 valence electrons. The smallest absolute Gasteiger partial charge is 0.137 e. The zero-order valence-corrected chi connectivity index (χ0v) is 13.2. The first-order chi connectivity index (χ1) is 9.17. The molecule has 0 unspecified atom stereocenters. The fraction of sp³-hybridized carbons (Fsp3) is 0.714. The Morgan fingerprint density at radius 3 is 2.68 bits per heavy atom. The summed E-state index contributed by atoms with van der Waals surface area (Å²) in [5.74, 6) is 4.82. The molecular weight excluding hydrogens is 256 g/mol. The van der Waals surface area contributed by atoms with E-state index in [0.29, 0.717) is 5.92 Å². The van der Waals surface area contributed by atoms with Gasteiger partial charge in [0.2, 0.25) is 0 Å². The second-order valence-electron chi connectivity index (χ2n) is 5.10. The maximum absolute atomic E-state index is 4.80.